The summed E-state index contributed by atoms with van der Waals surface area (Å²) in [7, 11) is 1.63. The van der Waals surface area contributed by atoms with Crippen LogP contribution in [-0.2, 0) is 16.0 Å². The lowest BCUT2D eigenvalue weighted by atomic mass is 10.3. The molecule has 1 rings (SSSR count). The first-order chi connectivity index (χ1) is 7.24. The van der Waals surface area contributed by atoms with Crippen molar-refractivity contribution in [2.45, 2.75) is 19.6 Å². The zero-order valence-corrected chi connectivity index (χ0v) is 9.09. The zero-order chi connectivity index (χ0) is 11.1. The molecule has 0 aromatic carbocycles. The monoisotopic (exact) mass is 215 g/mol. The van der Waals surface area contributed by atoms with E-state index < -0.39 is 6.10 Å². The second kappa shape index (κ2) is 6.49. The van der Waals surface area contributed by atoms with E-state index in [0.29, 0.717) is 32.1 Å². The Hall–Kier alpha value is -0.980. The number of hydrogen-bond acceptors (Lipinski definition) is 5. The standard InChI is InChI=1S/C9H17N3O3/c1-8(13)9-7-12(11-10-9)3-4-15-6-5-14-2/h7-8,13H,3-6H2,1-2H3. The number of aliphatic hydroxyl groups is 1. The van der Waals surface area contributed by atoms with Gasteiger partial charge in [0, 0.05) is 7.11 Å². The van der Waals surface area contributed by atoms with Gasteiger partial charge in [0.15, 0.2) is 0 Å². The van der Waals surface area contributed by atoms with Gasteiger partial charge in [-0.1, -0.05) is 5.21 Å². The third-order valence-corrected chi connectivity index (χ3v) is 1.88. The van der Waals surface area contributed by atoms with Crippen molar-refractivity contribution in [3.8, 4) is 0 Å². The van der Waals surface area contributed by atoms with Crippen LogP contribution in [-0.4, -0.2) is 47.0 Å². The van der Waals surface area contributed by atoms with Crippen LogP contribution in [0.1, 0.15) is 18.7 Å². The van der Waals surface area contributed by atoms with Crippen molar-refractivity contribution < 1.29 is 14.6 Å². The average molecular weight is 215 g/mol. The highest BCUT2D eigenvalue weighted by Crippen LogP contribution is 2.05. The first kappa shape index (κ1) is 12.1. The van der Waals surface area contributed by atoms with Crippen LogP contribution in [0.3, 0.4) is 0 Å². The van der Waals surface area contributed by atoms with Gasteiger partial charge >= 0.3 is 0 Å². The Morgan fingerprint density at radius 2 is 2.27 bits per heavy atom. The Morgan fingerprint density at radius 3 is 2.87 bits per heavy atom. The van der Waals surface area contributed by atoms with Crippen molar-refractivity contribution in [2.24, 2.45) is 0 Å². The first-order valence-electron chi connectivity index (χ1n) is 4.89. The molecule has 0 saturated carbocycles. The Labute approximate surface area is 88.8 Å². The van der Waals surface area contributed by atoms with E-state index in [1.54, 1.807) is 24.9 Å². The molecule has 1 aromatic rings. The molecule has 0 aliphatic rings. The van der Waals surface area contributed by atoms with Crippen molar-refractivity contribution in [2.75, 3.05) is 26.9 Å². The summed E-state index contributed by atoms with van der Waals surface area (Å²) in [5.41, 5.74) is 0.576. The fourth-order valence-corrected chi connectivity index (χ4v) is 1.02. The molecule has 0 aliphatic carbocycles. The van der Waals surface area contributed by atoms with Gasteiger partial charge in [-0.25, -0.2) is 4.68 Å². The molecule has 1 heterocycles. The highest BCUT2D eigenvalue weighted by atomic mass is 16.5. The van der Waals surface area contributed by atoms with E-state index in [1.807, 2.05) is 0 Å². The molecular formula is C9H17N3O3. The van der Waals surface area contributed by atoms with E-state index in [4.69, 9.17) is 9.47 Å². The molecule has 1 atom stereocenters. The van der Waals surface area contributed by atoms with Crippen molar-refractivity contribution >= 4 is 0 Å². The van der Waals surface area contributed by atoms with E-state index in [9.17, 15) is 5.11 Å². The van der Waals surface area contributed by atoms with Crippen molar-refractivity contribution in [3.05, 3.63) is 11.9 Å². The Kier molecular flexibility index (Phi) is 5.23. The van der Waals surface area contributed by atoms with Crippen LogP contribution in [0.2, 0.25) is 0 Å². The number of aromatic nitrogens is 3. The van der Waals surface area contributed by atoms with Crippen LogP contribution >= 0.6 is 0 Å². The van der Waals surface area contributed by atoms with Gasteiger partial charge in [-0.3, -0.25) is 0 Å². The van der Waals surface area contributed by atoms with Crippen molar-refractivity contribution in [3.63, 3.8) is 0 Å². The summed E-state index contributed by atoms with van der Waals surface area (Å²) in [6, 6.07) is 0. The number of hydrogen-bond donors (Lipinski definition) is 1. The summed E-state index contributed by atoms with van der Waals surface area (Å²) in [4.78, 5) is 0. The largest absolute Gasteiger partial charge is 0.387 e. The summed E-state index contributed by atoms with van der Waals surface area (Å²) in [5.74, 6) is 0. The number of methoxy groups -OCH3 is 1. The summed E-state index contributed by atoms with van der Waals surface area (Å²) in [5, 5.41) is 16.9. The van der Waals surface area contributed by atoms with Crippen LogP contribution in [0.15, 0.2) is 6.20 Å². The predicted molar refractivity (Wildman–Crippen MR) is 53.4 cm³/mol. The first-order valence-corrected chi connectivity index (χ1v) is 4.89. The molecule has 1 aromatic heterocycles. The van der Waals surface area contributed by atoms with Gasteiger partial charge in [0.05, 0.1) is 38.7 Å². The quantitative estimate of drug-likeness (QED) is 0.648. The lowest BCUT2D eigenvalue weighted by Crippen LogP contribution is -2.09. The lowest BCUT2D eigenvalue weighted by molar-refractivity contribution is 0.0652. The van der Waals surface area contributed by atoms with Gasteiger partial charge in [0.1, 0.15) is 5.69 Å². The topological polar surface area (TPSA) is 69.4 Å². The van der Waals surface area contributed by atoms with E-state index in [-0.39, 0.29) is 0 Å². The van der Waals surface area contributed by atoms with Crippen LogP contribution in [0.25, 0.3) is 0 Å². The molecule has 0 fully saturated rings. The molecule has 15 heavy (non-hydrogen) atoms. The number of ether oxygens (including phenoxy) is 2. The maximum Gasteiger partial charge on any atom is 0.111 e. The van der Waals surface area contributed by atoms with Gasteiger partial charge in [-0.15, -0.1) is 5.10 Å². The molecular weight excluding hydrogens is 198 g/mol. The highest BCUT2D eigenvalue weighted by molar-refractivity contribution is 4.95. The van der Waals surface area contributed by atoms with E-state index in [0.717, 1.165) is 0 Å². The maximum absolute atomic E-state index is 9.21. The molecule has 0 radical (unpaired) electrons. The minimum Gasteiger partial charge on any atom is -0.387 e. The molecule has 6 nitrogen and oxygen atoms in total. The number of rotatable bonds is 7. The molecule has 1 N–H and O–H groups in total. The van der Waals surface area contributed by atoms with Crippen LogP contribution in [0.5, 0.6) is 0 Å². The molecule has 86 valence electrons. The van der Waals surface area contributed by atoms with E-state index in [1.165, 1.54) is 0 Å². The summed E-state index contributed by atoms with van der Waals surface area (Å²) in [6.07, 6.45) is 1.14. The van der Waals surface area contributed by atoms with Gasteiger partial charge in [-0.2, -0.15) is 0 Å². The second-order valence-electron chi connectivity index (χ2n) is 3.19. The minimum absolute atomic E-state index is 0.561. The zero-order valence-electron chi connectivity index (χ0n) is 9.09. The fourth-order valence-electron chi connectivity index (χ4n) is 1.02. The molecule has 0 saturated heterocycles. The van der Waals surface area contributed by atoms with Gasteiger partial charge in [0.2, 0.25) is 0 Å². The molecule has 0 spiro atoms. The Balaban J connectivity index is 2.20. The summed E-state index contributed by atoms with van der Waals surface area (Å²) in [6.45, 7) is 4.02. The van der Waals surface area contributed by atoms with Gasteiger partial charge in [-0.05, 0) is 6.92 Å². The molecule has 6 heteroatoms. The Morgan fingerprint density at radius 1 is 1.47 bits per heavy atom. The van der Waals surface area contributed by atoms with Gasteiger partial charge in [0.25, 0.3) is 0 Å². The third kappa shape index (κ3) is 4.37. The van der Waals surface area contributed by atoms with Crippen molar-refractivity contribution in [1.82, 2.24) is 15.0 Å². The maximum atomic E-state index is 9.21. The number of aliphatic hydroxyl groups excluding tert-OH is 1. The average Bonchev–Trinajstić information content (AvgIpc) is 2.66. The molecule has 1 unspecified atom stereocenters. The SMILES string of the molecule is COCCOCCn1cc(C(C)O)nn1. The Bertz CT molecular complexity index is 275. The van der Waals surface area contributed by atoms with Crippen LogP contribution < -0.4 is 0 Å². The number of nitrogens with zero attached hydrogens (tertiary/aromatic N) is 3. The summed E-state index contributed by atoms with van der Waals surface area (Å²) >= 11 is 0. The molecule has 0 bridgehead atoms. The fraction of sp³-hybridized carbons (Fsp3) is 0.778. The van der Waals surface area contributed by atoms with Gasteiger partial charge < -0.3 is 14.6 Å². The lowest BCUT2D eigenvalue weighted by Gasteiger charge is -2.02. The van der Waals surface area contributed by atoms with Crippen LogP contribution in [0.4, 0.5) is 0 Å². The molecule has 0 aliphatic heterocycles. The molecule has 0 amide bonds. The predicted octanol–water partition coefficient (Wildman–Crippen LogP) is -0.00560. The van der Waals surface area contributed by atoms with Crippen LogP contribution in [0, 0.1) is 0 Å². The summed E-state index contributed by atoms with van der Waals surface area (Å²) < 4.78 is 11.8. The van der Waals surface area contributed by atoms with E-state index >= 15 is 0 Å². The van der Waals surface area contributed by atoms with Crippen molar-refractivity contribution in [1.29, 1.82) is 0 Å². The van der Waals surface area contributed by atoms with E-state index in [2.05, 4.69) is 10.3 Å². The smallest absolute Gasteiger partial charge is 0.111 e. The highest BCUT2D eigenvalue weighted by Gasteiger charge is 2.05. The second-order valence-corrected chi connectivity index (χ2v) is 3.19. The minimum atomic E-state index is -0.576. The third-order valence-electron chi connectivity index (χ3n) is 1.88. The normalized spacial score (nSPS) is 13.0.